The number of morpholine rings is 1. The van der Waals surface area contributed by atoms with E-state index < -0.39 is 5.97 Å². The summed E-state index contributed by atoms with van der Waals surface area (Å²) in [5, 5.41) is 8.05. The van der Waals surface area contributed by atoms with Crippen molar-refractivity contribution >= 4 is 63.2 Å². The molecule has 3 aromatic rings. The van der Waals surface area contributed by atoms with Crippen LogP contribution in [0.5, 0.6) is 11.5 Å². The third kappa shape index (κ3) is 7.51. The highest BCUT2D eigenvalue weighted by atomic mass is 79.9. The maximum atomic E-state index is 11.4. The summed E-state index contributed by atoms with van der Waals surface area (Å²) in [5.41, 5.74) is 4.30. The summed E-state index contributed by atoms with van der Waals surface area (Å²) in [7, 11) is 0. The van der Waals surface area contributed by atoms with Crippen LogP contribution in [0.4, 0.5) is 23.5 Å². The van der Waals surface area contributed by atoms with Crippen LogP contribution in [0.15, 0.2) is 46.0 Å². The van der Waals surface area contributed by atoms with Crippen LogP contribution < -0.4 is 25.1 Å². The molecule has 11 nitrogen and oxygen atoms in total. The lowest BCUT2D eigenvalue weighted by molar-refractivity contribution is -0.132. The van der Waals surface area contributed by atoms with E-state index in [9.17, 15) is 4.79 Å². The Bertz CT molecular complexity index is 1290. The van der Waals surface area contributed by atoms with E-state index in [1.165, 1.54) is 6.92 Å². The fourth-order valence-corrected chi connectivity index (χ4v) is 4.00. The van der Waals surface area contributed by atoms with Gasteiger partial charge in [-0.15, -0.1) is 0 Å². The van der Waals surface area contributed by atoms with Gasteiger partial charge in [-0.2, -0.15) is 20.1 Å². The predicted octanol–water partition coefficient (Wildman–Crippen LogP) is 4.64. The van der Waals surface area contributed by atoms with Crippen LogP contribution in [0.2, 0.25) is 5.02 Å². The van der Waals surface area contributed by atoms with Crippen molar-refractivity contribution in [3.05, 3.63) is 51.5 Å². The zero-order chi connectivity index (χ0) is 26.2. The lowest BCUT2D eigenvalue weighted by Crippen LogP contribution is -2.37. The van der Waals surface area contributed by atoms with Gasteiger partial charge in [0.05, 0.1) is 26.0 Å². The minimum atomic E-state index is -0.441. The Morgan fingerprint density at radius 1 is 1.19 bits per heavy atom. The van der Waals surface area contributed by atoms with Crippen molar-refractivity contribution in [3.8, 4) is 11.5 Å². The SMILES string of the molecule is CCOc1cc(/C=N/Nc2nc(Nc3cccc(Cl)c3)nc(N3CCOCC3)n2)c(Br)cc1OC(C)=O. The molecule has 0 bridgehead atoms. The van der Waals surface area contributed by atoms with E-state index in [0.717, 1.165) is 5.69 Å². The van der Waals surface area contributed by atoms with Gasteiger partial charge in [0.25, 0.3) is 0 Å². The molecule has 0 unspecified atom stereocenters. The first-order valence-electron chi connectivity index (χ1n) is 11.5. The summed E-state index contributed by atoms with van der Waals surface area (Å²) in [6.45, 7) is 6.07. The van der Waals surface area contributed by atoms with Crippen molar-refractivity contribution in [1.82, 2.24) is 15.0 Å². The second kappa shape index (κ2) is 12.7. The van der Waals surface area contributed by atoms with E-state index >= 15 is 0 Å². The van der Waals surface area contributed by atoms with Gasteiger partial charge in [0.1, 0.15) is 0 Å². The van der Waals surface area contributed by atoms with Crippen LogP contribution in [0.1, 0.15) is 19.4 Å². The number of hydrazone groups is 1. The summed E-state index contributed by atoms with van der Waals surface area (Å²) in [4.78, 5) is 27.0. The molecule has 1 aliphatic heterocycles. The lowest BCUT2D eigenvalue weighted by atomic mass is 10.2. The largest absolute Gasteiger partial charge is 0.490 e. The highest BCUT2D eigenvalue weighted by Crippen LogP contribution is 2.33. The topological polar surface area (TPSA) is 123 Å². The number of rotatable bonds is 9. The molecule has 0 radical (unpaired) electrons. The third-order valence-electron chi connectivity index (χ3n) is 4.98. The number of carbonyl (C=O) groups excluding carboxylic acids is 1. The Kier molecular flexibility index (Phi) is 9.09. The van der Waals surface area contributed by atoms with Crippen molar-refractivity contribution in [3.63, 3.8) is 0 Å². The van der Waals surface area contributed by atoms with E-state index in [4.69, 9.17) is 25.8 Å². The number of ether oxygens (including phenoxy) is 3. The van der Waals surface area contributed by atoms with Gasteiger partial charge >= 0.3 is 5.97 Å². The standard InChI is InChI=1S/C24H25BrClN7O4/c1-3-36-20-11-16(19(25)13-21(20)37-15(2)34)14-27-32-23-29-22(28-18-6-4-5-17(26)12-18)30-24(31-23)33-7-9-35-10-8-33/h4-6,11-14H,3,7-10H2,1-2H3,(H2,28,29,30,31,32)/b27-14+. The maximum Gasteiger partial charge on any atom is 0.308 e. The average Bonchev–Trinajstić information content (AvgIpc) is 2.87. The maximum absolute atomic E-state index is 11.4. The van der Waals surface area contributed by atoms with Crippen molar-refractivity contribution in [2.75, 3.05) is 48.6 Å². The first kappa shape index (κ1) is 26.6. The van der Waals surface area contributed by atoms with Crippen LogP contribution >= 0.6 is 27.5 Å². The number of carbonyl (C=O) groups is 1. The first-order valence-corrected chi connectivity index (χ1v) is 12.6. The van der Waals surface area contributed by atoms with Gasteiger partial charge in [0.15, 0.2) is 11.5 Å². The van der Waals surface area contributed by atoms with E-state index in [1.807, 2.05) is 24.0 Å². The molecule has 0 aliphatic carbocycles. The summed E-state index contributed by atoms with van der Waals surface area (Å²) < 4.78 is 17.0. The highest BCUT2D eigenvalue weighted by molar-refractivity contribution is 9.10. The zero-order valence-corrected chi connectivity index (χ0v) is 22.5. The Morgan fingerprint density at radius 3 is 2.70 bits per heavy atom. The number of hydrogen-bond donors (Lipinski definition) is 2. The number of hydrogen-bond acceptors (Lipinski definition) is 11. The molecule has 0 saturated carbocycles. The summed E-state index contributed by atoms with van der Waals surface area (Å²) in [5.74, 6) is 1.37. The lowest BCUT2D eigenvalue weighted by Gasteiger charge is -2.27. The average molecular weight is 591 g/mol. The van der Waals surface area contributed by atoms with E-state index in [1.54, 1.807) is 30.5 Å². The molecule has 1 fully saturated rings. The second-order valence-electron chi connectivity index (χ2n) is 7.73. The van der Waals surface area contributed by atoms with Crippen LogP contribution in [0.3, 0.4) is 0 Å². The van der Waals surface area contributed by atoms with Crippen molar-refractivity contribution in [1.29, 1.82) is 0 Å². The van der Waals surface area contributed by atoms with Gasteiger partial charge < -0.3 is 24.4 Å². The Morgan fingerprint density at radius 2 is 1.97 bits per heavy atom. The number of halogens is 2. The van der Waals surface area contributed by atoms with Crippen molar-refractivity contribution in [2.24, 2.45) is 5.10 Å². The van der Waals surface area contributed by atoms with Gasteiger partial charge in [-0.1, -0.05) is 17.7 Å². The smallest absolute Gasteiger partial charge is 0.308 e. The molecular weight excluding hydrogens is 566 g/mol. The van der Waals surface area contributed by atoms with Crippen LogP contribution in [-0.2, 0) is 9.53 Å². The van der Waals surface area contributed by atoms with Gasteiger partial charge in [0.2, 0.25) is 17.8 Å². The van der Waals surface area contributed by atoms with Gasteiger partial charge in [0, 0.05) is 40.8 Å². The van der Waals surface area contributed by atoms with E-state index in [-0.39, 0.29) is 5.95 Å². The Hall–Kier alpha value is -3.48. The van der Waals surface area contributed by atoms with Gasteiger partial charge in [-0.05, 0) is 53.2 Å². The van der Waals surface area contributed by atoms with Gasteiger partial charge in [-0.3, -0.25) is 4.79 Å². The molecule has 2 aromatic carbocycles. The summed E-state index contributed by atoms with van der Waals surface area (Å²) in [6.07, 6.45) is 1.58. The van der Waals surface area contributed by atoms with Crippen LogP contribution in [0.25, 0.3) is 0 Å². The quantitative estimate of drug-likeness (QED) is 0.158. The molecule has 0 amide bonds. The molecule has 1 aliphatic rings. The molecule has 2 N–H and O–H groups in total. The van der Waals surface area contributed by atoms with Crippen LogP contribution in [0, 0.1) is 0 Å². The fraction of sp³-hybridized carbons (Fsp3) is 0.292. The summed E-state index contributed by atoms with van der Waals surface area (Å²) >= 11 is 9.60. The Balaban J connectivity index is 1.58. The number of nitrogens with one attached hydrogen (secondary N) is 2. The molecule has 0 spiro atoms. The molecule has 13 heteroatoms. The number of esters is 1. The van der Waals surface area contributed by atoms with Crippen LogP contribution in [-0.4, -0.2) is 60.0 Å². The van der Waals surface area contributed by atoms with E-state index in [0.29, 0.717) is 71.4 Å². The molecule has 194 valence electrons. The molecular formula is C24H25BrClN7O4. The summed E-state index contributed by atoms with van der Waals surface area (Å²) in [6, 6.07) is 10.6. The normalized spacial score (nSPS) is 13.5. The molecule has 1 aromatic heterocycles. The molecule has 1 saturated heterocycles. The number of nitrogens with zero attached hydrogens (tertiary/aromatic N) is 5. The van der Waals surface area contributed by atoms with E-state index in [2.05, 4.69) is 46.7 Å². The minimum Gasteiger partial charge on any atom is -0.490 e. The first-order chi connectivity index (χ1) is 17.9. The van der Waals surface area contributed by atoms with Crippen molar-refractivity contribution < 1.29 is 19.0 Å². The number of benzene rings is 2. The van der Waals surface area contributed by atoms with Gasteiger partial charge in [-0.25, -0.2) is 5.43 Å². The number of anilines is 4. The zero-order valence-electron chi connectivity index (χ0n) is 20.2. The minimum absolute atomic E-state index is 0.245. The molecule has 2 heterocycles. The second-order valence-corrected chi connectivity index (χ2v) is 9.03. The third-order valence-corrected chi connectivity index (χ3v) is 5.90. The highest BCUT2D eigenvalue weighted by Gasteiger charge is 2.17. The molecule has 37 heavy (non-hydrogen) atoms. The molecule has 0 atom stereocenters. The fourth-order valence-electron chi connectivity index (χ4n) is 3.38. The predicted molar refractivity (Wildman–Crippen MR) is 145 cm³/mol. The van der Waals surface area contributed by atoms with Crippen molar-refractivity contribution in [2.45, 2.75) is 13.8 Å². The monoisotopic (exact) mass is 589 g/mol. The Labute approximate surface area is 227 Å². The number of aromatic nitrogens is 3. The molecule has 4 rings (SSSR count).